The van der Waals surface area contributed by atoms with Gasteiger partial charge in [0.15, 0.2) is 0 Å². The minimum Gasteiger partial charge on any atom is -0.460 e. The number of benzene rings is 2. The van der Waals surface area contributed by atoms with E-state index in [1.54, 1.807) is 67.6 Å². The summed E-state index contributed by atoms with van der Waals surface area (Å²) >= 11 is 6.14. The number of nitrogens with one attached hydrogen (secondary N) is 1. The number of aliphatic hydroxyl groups excluding tert-OH is 1. The van der Waals surface area contributed by atoms with Crippen LogP contribution in [0, 0.1) is 11.8 Å². The molecule has 2 aromatic rings. The lowest BCUT2D eigenvalue weighted by Crippen LogP contribution is -2.57. The topological polar surface area (TPSA) is 125 Å². The molecule has 0 unspecified atom stereocenters. The number of hydrogen-bond donors (Lipinski definition) is 2. The third kappa shape index (κ3) is 6.21. The summed E-state index contributed by atoms with van der Waals surface area (Å²) in [6.07, 6.45) is 3.58. The largest absolute Gasteiger partial charge is 0.460 e. The average molecular weight is 650 g/mol. The summed E-state index contributed by atoms with van der Waals surface area (Å²) < 4.78 is 12.3. The van der Waals surface area contributed by atoms with Crippen LogP contribution < -0.4 is 10.2 Å². The van der Waals surface area contributed by atoms with Gasteiger partial charge in [-0.15, -0.1) is 13.2 Å². The van der Waals surface area contributed by atoms with Crippen molar-refractivity contribution in [3.8, 4) is 0 Å². The van der Waals surface area contributed by atoms with Crippen LogP contribution in [-0.4, -0.2) is 77.2 Å². The van der Waals surface area contributed by atoms with E-state index in [0.717, 1.165) is 0 Å². The van der Waals surface area contributed by atoms with Crippen LogP contribution in [0.25, 0.3) is 0 Å². The van der Waals surface area contributed by atoms with Crippen molar-refractivity contribution < 1.29 is 33.8 Å². The van der Waals surface area contributed by atoms with Gasteiger partial charge in [-0.25, -0.2) is 0 Å². The zero-order valence-electron chi connectivity index (χ0n) is 25.8. The standard InChI is InChI=1S/C35H40ClN3O7/c1-4-6-12-28(41)37-20-22(3)45-34(44)29-27-17-18-35(46-27)30(29)32(42)39(26(21-40)23-10-8-7-9-11-23)31(35)33(43)38(19-5-2)25-15-13-24(36)14-16-25/h4-5,7-11,13-16,22,26-27,29-31,40H,1-2,6,12,17-21H2,3H3,(H,37,41)/t22-,26+,27-,29+,30+,31-,35+/m0/s1. The Morgan fingerprint density at radius 2 is 1.89 bits per heavy atom. The Morgan fingerprint density at radius 1 is 1.17 bits per heavy atom. The van der Waals surface area contributed by atoms with Crippen LogP contribution >= 0.6 is 11.6 Å². The van der Waals surface area contributed by atoms with Crippen molar-refractivity contribution in [2.24, 2.45) is 11.8 Å². The number of likely N-dealkylation sites (tertiary alicyclic amines) is 1. The normalized spacial score (nSPS) is 25.8. The molecule has 2 bridgehead atoms. The molecule has 0 aromatic heterocycles. The summed E-state index contributed by atoms with van der Waals surface area (Å²) in [6, 6.07) is 13.7. The number of rotatable bonds is 14. The number of allylic oxidation sites excluding steroid dienone is 1. The van der Waals surface area contributed by atoms with Crippen LogP contribution in [0.2, 0.25) is 5.02 Å². The number of fused-ring (bicyclic) bond motifs is 1. The molecule has 3 aliphatic heterocycles. The number of carbonyl (C=O) groups is 4. The highest BCUT2D eigenvalue weighted by Crippen LogP contribution is 2.60. The first-order chi connectivity index (χ1) is 22.2. The lowest BCUT2D eigenvalue weighted by Gasteiger charge is -2.39. The van der Waals surface area contributed by atoms with Crippen LogP contribution in [0.15, 0.2) is 79.9 Å². The fourth-order valence-electron chi connectivity index (χ4n) is 7.12. The second kappa shape index (κ2) is 14.2. The van der Waals surface area contributed by atoms with E-state index in [0.29, 0.717) is 35.5 Å². The summed E-state index contributed by atoms with van der Waals surface area (Å²) in [6.45, 7) is 8.91. The SMILES string of the molecule is C=CCCC(=O)NC[C@H](C)OC(=O)[C@@H]1[C@@H]2CC[C@]3(O2)[C@H](C(=O)N(CC=C)c2ccc(Cl)cc2)N([C@H](CO)c2ccccc2)C(=O)[C@@H]13. The number of esters is 1. The number of hydrogen-bond acceptors (Lipinski definition) is 7. The summed E-state index contributed by atoms with van der Waals surface area (Å²) in [5.74, 6) is -3.64. The molecular formula is C35H40ClN3O7. The van der Waals surface area contributed by atoms with Crippen molar-refractivity contribution >= 4 is 41.0 Å². The quantitative estimate of drug-likeness (QED) is 0.234. The van der Waals surface area contributed by atoms with Gasteiger partial charge in [0.2, 0.25) is 11.8 Å². The molecule has 2 aromatic carbocycles. The summed E-state index contributed by atoms with van der Waals surface area (Å²) in [4.78, 5) is 58.1. The van der Waals surface area contributed by atoms with Crippen molar-refractivity contribution in [1.29, 1.82) is 0 Å². The average Bonchev–Trinajstić information content (AvgIpc) is 3.70. The molecule has 5 rings (SSSR count). The molecule has 3 fully saturated rings. The van der Waals surface area contributed by atoms with Gasteiger partial charge in [-0.05, 0) is 56.0 Å². The highest BCUT2D eigenvalue weighted by atomic mass is 35.5. The first kappa shape index (κ1) is 33.4. The van der Waals surface area contributed by atoms with Crippen molar-refractivity contribution in [1.82, 2.24) is 10.2 Å². The van der Waals surface area contributed by atoms with E-state index in [4.69, 9.17) is 21.1 Å². The molecule has 3 amide bonds. The van der Waals surface area contributed by atoms with Gasteiger partial charge in [-0.2, -0.15) is 0 Å². The maximum atomic E-state index is 14.8. The molecule has 1 spiro atoms. The van der Waals surface area contributed by atoms with Gasteiger partial charge in [-0.3, -0.25) is 19.2 Å². The molecule has 3 heterocycles. The zero-order chi connectivity index (χ0) is 33.0. The number of amides is 3. The molecule has 46 heavy (non-hydrogen) atoms. The van der Waals surface area contributed by atoms with E-state index in [1.165, 1.54) is 9.80 Å². The third-order valence-electron chi connectivity index (χ3n) is 9.13. The first-order valence-electron chi connectivity index (χ1n) is 15.6. The van der Waals surface area contributed by atoms with Crippen LogP contribution in [0.5, 0.6) is 0 Å². The minimum absolute atomic E-state index is 0.106. The molecule has 0 saturated carbocycles. The van der Waals surface area contributed by atoms with E-state index in [1.807, 2.05) is 6.07 Å². The Morgan fingerprint density at radius 3 is 2.54 bits per heavy atom. The van der Waals surface area contributed by atoms with E-state index < -0.39 is 66.1 Å². The molecule has 11 heteroatoms. The number of halogens is 1. The summed E-state index contributed by atoms with van der Waals surface area (Å²) in [7, 11) is 0. The van der Waals surface area contributed by atoms with Gasteiger partial charge in [0.1, 0.15) is 17.7 Å². The molecule has 10 nitrogen and oxygen atoms in total. The number of aliphatic hydroxyl groups is 1. The van der Waals surface area contributed by atoms with E-state index in [-0.39, 0.29) is 25.4 Å². The lowest BCUT2D eigenvalue weighted by molar-refractivity contribution is -0.159. The number of anilines is 1. The molecular weight excluding hydrogens is 610 g/mol. The van der Waals surface area contributed by atoms with E-state index in [2.05, 4.69) is 18.5 Å². The second-order valence-corrected chi connectivity index (χ2v) is 12.4. The summed E-state index contributed by atoms with van der Waals surface area (Å²) in [5.41, 5.74) is -0.128. The van der Waals surface area contributed by atoms with Gasteiger partial charge < -0.3 is 29.7 Å². The summed E-state index contributed by atoms with van der Waals surface area (Å²) in [5, 5.41) is 14.0. The van der Waals surface area contributed by atoms with Gasteiger partial charge in [-0.1, -0.05) is 54.1 Å². The monoisotopic (exact) mass is 649 g/mol. The van der Waals surface area contributed by atoms with E-state index in [9.17, 15) is 24.3 Å². The number of ether oxygens (including phenoxy) is 2. The molecule has 244 valence electrons. The second-order valence-electron chi connectivity index (χ2n) is 12.0. The lowest BCUT2D eigenvalue weighted by atomic mass is 9.70. The number of carbonyl (C=O) groups excluding carboxylic acids is 4. The number of nitrogens with zero attached hydrogens (tertiary/aromatic N) is 2. The van der Waals surface area contributed by atoms with Gasteiger partial charge in [0, 0.05) is 23.7 Å². The van der Waals surface area contributed by atoms with Crippen LogP contribution in [0.4, 0.5) is 5.69 Å². The minimum atomic E-state index is -1.32. The maximum absolute atomic E-state index is 14.8. The Labute approximate surface area is 274 Å². The molecule has 3 saturated heterocycles. The van der Waals surface area contributed by atoms with Crippen LogP contribution in [0.3, 0.4) is 0 Å². The van der Waals surface area contributed by atoms with Gasteiger partial charge in [0.25, 0.3) is 5.91 Å². The molecule has 2 N–H and O–H groups in total. The maximum Gasteiger partial charge on any atom is 0.312 e. The predicted octanol–water partition coefficient (Wildman–Crippen LogP) is 3.98. The van der Waals surface area contributed by atoms with Gasteiger partial charge in [0.05, 0.1) is 37.1 Å². The Hall–Kier alpha value is -3.99. The fraction of sp³-hybridized carbons (Fsp3) is 0.429. The Balaban J connectivity index is 1.49. The van der Waals surface area contributed by atoms with Crippen molar-refractivity contribution in [2.75, 3.05) is 24.6 Å². The van der Waals surface area contributed by atoms with Crippen molar-refractivity contribution in [3.63, 3.8) is 0 Å². The fourth-order valence-corrected chi connectivity index (χ4v) is 7.25. The third-order valence-corrected chi connectivity index (χ3v) is 9.38. The molecule has 0 aliphatic carbocycles. The van der Waals surface area contributed by atoms with E-state index >= 15 is 0 Å². The van der Waals surface area contributed by atoms with Crippen LogP contribution in [-0.2, 0) is 28.7 Å². The highest BCUT2D eigenvalue weighted by Gasteiger charge is 2.75. The molecule has 0 radical (unpaired) electrons. The Kier molecular flexibility index (Phi) is 10.3. The van der Waals surface area contributed by atoms with Gasteiger partial charge >= 0.3 is 5.97 Å². The molecule has 7 atom stereocenters. The van der Waals surface area contributed by atoms with Crippen LogP contribution in [0.1, 0.15) is 44.2 Å². The van der Waals surface area contributed by atoms with Crippen molar-refractivity contribution in [3.05, 3.63) is 90.5 Å². The van der Waals surface area contributed by atoms with Crippen molar-refractivity contribution in [2.45, 2.75) is 62.5 Å². The highest BCUT2D eigenvalue weighted by molar-refractivity contribution is 6.30. The zero-order valence-corrected chi connectivity index (χ0v) is 26.6. The molecule has 3 aliphatic rings. The smallest absolute Gasteiger partial charge is 0.312 e. The first-order valence-corrected chi connectivity index (χ1v) is 16.0. The Bertz CT molecular complexity index is 1470. The predicted molar refractivity (Wildman–Crippen MR) is 173 cm³/mol.